The molecule has 1 heterocycles. The van der Waals surface area contributed by atoms with Gasteiger partial charge in [-0.05, 0) is 18.9 Å². The van der Waals surface area contributed by atoms with Gasteiger partial charge in [-0.1, -0.05) is 18.2 Å². The smallest absolute Gasteiger partial charge is 0.343 e. The topological polar surface area (TPSA) is 73.0 Å². The fraction of sp³-hybridized carbons (Fsp3) is 0.294. The number of nitrogens with zero attached hydrogens (tertiary/aromatic N) is 2. The number of ether oxygens (including phenoxy) is 1. The lowest BCUT2D eigenvalue weighted by atomic mass is 10.1. The Bertz CT molecular complexity index is 800. The molecule has 0 amide bonds. The zero-order valence-corrected chi connectivity index (χ0v) is 13.0. The first kappa shape index (κ1) is 15.1. The highest BCUT2D eigenvalue weighted by Gasteiger charge is 2.23. The van der Waals surface area contributed by atoms with Gasteiger partial charge in [-0.2, -0.15) is 4.73 Å². The predicted octanol–water partition coefficient (Wildman–Crippen LogP) is 2.38. The van der Waals surface area contributed by atoms with Crippen molar-refractivity contribution >= 4 is 28.8 Å². The average molecular weight is 314 g/mol. The van der Waals surface area contributed by atoms with Crippen molar-refractivity contribution in [3.63, 3.8) is 0 Å². The maximum Gasteiger partial charge on any atom is 0.343 e. The van der Waals surface area contributed by atoms with Crippen LogP contribution in [0, 0.1) is 0 Å². The van der Waals surface area contributed by atoms with Gasteiger partial charge < -0.3 is 14.7 Å². The number of rotatable bonds is 5. The van der Waals surface area contributed by atoms with Gasteiger partial charge >= 0.3 is 5.97 Å². The van der Waals surface area contributed by atoms with Crippen molar-refractivity contribution in [3.8, 4) is 0 Å². The molecule has 1 aliphatic rings. The first-order chi connectivity index (χ1) is 11.2. The lowest BCUT2D eigenvalue weighted by Crippen LogP contribution is -2.09. The molecule has 120 valence electrons. The highest BCUT2D eigenvalue weighted by atomic mass is 16.6. The molecule has 1 aliphatic carbocycles. The van der Waals surface area contributed by atoms with E-state index in [2.05, 4.69) is 4.99 Å². The molecule has 0 bridgehead atoms. The van der Waals surface area contributed by atoms with Gasteiger partial charge in [-0.25, -0.2) is 4.79 Å². The second-order valence-electron chi connectivity index (χ2n) is 5.33. The van der Waals surface area contributed by atoms with E-state index >= 15 is 0 Å². The van der Waals surface area contributed by atoms with E-state index in [1.54, 1.807) is 6.20 Å². The van der Waals surface area contributed by atoms with Crippen LogP contribution in [0.2, 0.25) is 0 Å². The molecule has 0 saturated heterocycles. The van der Waals surface area contributed by atoms with Gasteiger partial charge in [0.05, 0.1) is 24.9 Å². The van der Waals surface area contributed by atoms with Crippen molar-refractivity contribution in [1.29, 1.82) is 0 Å². The van der Waals surface area contributed by atoms with Crippen molar-refractivity contribution in [1.82, 2.24) is 4.73 Å². The number of hydrogen-bond donors (Lipinski definition) is 1. The standard InChI is InChI=1S/C17H18N2O4/c1-22-17(21)13(9-18-11-7-8-11)16(20)14-10-19(23-2)15-6-4-3-5-12(14)15/h3-6,9-11,20H,7-8H2,1-2H3/b16-13-,18-9?. The number of esters is 1. The Balaban J connectivity index is 2.14. The molecule has 0 aliphatic heterocycles. The molecule has 23 heavy (non-hydrogen) atoms. The Morgan fingerprint density at radius 1 is 1.35 bits per heavy atom. The molecule has 1 fully saturated rings. The van der Waals surface area contributed by atoms with E-state index in [4.69, 9.17) is 9.57 Å². The molecule has 0 radical (unpaired) electrons. The highest BCUT2D eigenvalue weighted by Crippen LogP contribution is 2.28. The molecule has 0 spiro atoms. The molecule has 6 nitrogen and oxygen atoms in total. The normalized spacial score (nSPS) is 15.7. The number of fused-ring (bicyclic) bond motifs is 1. The van der Waals surface area contributed by atoms with Crippen LogP contribution in [0.25, 0.3) is 16.7 Å². The molecule has 1 aromatic carbocycles. The fourth-order valence-corrected chi connectivity index (χ4v) is 2.36. The number of carbonyl (C=O) groups excluding carboxylic acids is 1. The first-order valence-corrected chi connectivity index (χ1v) is 7.35. The van der Waals surface area contributed by atoms with Gasteiger partial charge in [0.25, 0.3) is 0 Å². The van der Waals surface area contributed by atoms with Crippen LogP contribution in [0.3, 0.4) is 0 Å². The van der Waals surface area contributed by atoms with E-state index < -0.39 is 5.97 Å². The number of aromatic nitrogens is 1. The molecule has 3 rings (SSSR count). The van der Waals surface area contributed by atoms with E-state index in [1.165, 1.54) is 25.2 Å². The Hall–Kier alpha value is -2.76. The molecule has 1 aromatic heterocycles. The Labute approximate surface area is 133 Å². The van der Waals surface area contributed by atoms with Crippen LogP contribution in [-0.2, 0) is 9.53 Å². The lowest BCUT2D eigenvalue weighted by Gasteiger charge is -2.04. The van der Waals surface area contributed by atoms with Crippen LogP contribution in [0.15, 0.2) is 41.0 Å². The van der Waals surface area contributed by atoms with Crippen molar-refractivity contribution in [3.05, 3.63) is 41.6 Å². The lowest BCUT2D eigenvalue weighted by molar-refractivity contribution is -0.135. The summed E-state index contributed by atoms with van der Waals surface area (Å²) in [5.41, 5.74) is 1.32. The molecular weight excluding hydrogens is 296 g/mol. The zero-order valence-electron chi connectivity index (χ0n) is 13.0. The van der Waals surface area contributed by atoms with Crippen LogP contribution >= 0.6 is 0 Å². The summed E-state index contributed by atoms with van der Waals surface area (Å²) < 4.78 is 6.30. The number of aliphatic hydroxyl groups is 1. The van der Waals surface area contributed by atoms with E-state index in [1.807, 2.05) is 24.3 Å². The summed E-state index contributed by atoms with van der Waals surface area (Å²) >= 11 is 0. The Morgan fingerprint density at radius 2 is 2.09 bits per heavy atom. The maximum atomic E-state index is 12.0. The predicted molar refractivity (Wildman–Crippen MR) is 87.5 cm³/mol. The zero-order chi connectivity index (χ0) is 16.4. The van der Waals surface area contributed by atoms with Gasteiger partial charge in [0.1, 0.15) is 18.4 Å². The maximum absolute atomic E-state index is 12.0. The second-order valence-corrected chi connectivity index (χ2v) is 5.33. The molecule has 1 N–H and O–H groups in total. The molecule has 0 unspecified atom stereocenters. The Morgan fingerprint density at radius 3 is 2.74 bits per heavy atom. The number of para-hydroxylation sites is 1. The number of methoxy groups -OCH3 is 1. The minimum absolute atomic E-state index is 0.0402. The molecule has 2 aromatic rings. The van der Waals surface area contributed by atoms with Crippen molar-refractivity contribution < 1.29 is 19.5 Å². The number of benzene rings is 1. The molecule has 1 saturated carbocycles. The van der Waals surface area contributed by atoms with Gasteiger partial charge in [0, 0.05) is 17.2 Å². The van der Waals surface area contributed by atoms with Crippen LogP contribution < -0.4 is 4.84 Å². The minimum Gasteiger partial charge on any atom is -0.506 e. The van der Waals surface area contributed by atoms with Gasteiger partial charge in [-0.3, -0.25) is 4.99 Å². The van der Waals surface area contributed by atoms with Crippen molar-refractivity contribution in [2.24, 2.45) is 4.99 Å². The van der Waals surface area contributed by atoms with Crippen molar-refractivity contribution in [2.45, 2.75) is 18.9 Å². The minimum atomic E-state index is -0.624. The highest BCUT2D eigenvalue weighted by molar-refractivity contribution is 6.16. The third kappa shape index (κ3) is 2.92. The van der Waals surface area contributed by atoms with Crippen LogP contribution in [0.4, 0.5) is 0 Å². The van der Waals surface area contributed by atoms with Gasteiger partial charge in [0.2, 0.25) is 0 Å². The number of carbonyl (C=O) groups is 1. The number of aliphatic hydroxyl groups excluding tert-OH is 1. The van der Waals surface area contributed by atoms with Crippen molar-refractivity contribution in [2.75, 3.05) is 14.2 Å². The number of aliphatic imine (C=N–C) groups is 1. The van der Waals surface area contributed by atoms with Crippen LogP contribution in [-0.4, -0.2) is 42.3 Å². The third-order valence-electron chi connectivity index (χ3n) is 3.75. The van der Waals surface area contributed by atoms with Gasteiger partial charge in [0.15, 0.2) is 0 Å². The summed E-state index contributed by atoms with van der Waals surface area (Å²) in [5.74, 6) is -0.797. The summed E-state index contributed by atoms with van der Waals surface area (Å²) in [4.78, 5) is 21.5. The summed E-state index contributed by atoms with van der Waals surface area (Å²) in [6.07, 6.45) is 5.05. The molecular formula is C17H18N2O4. The number of hydrogen-bond acceptors (Lipinski definition) is 5. The quantitative estimate of drug-likeness (QED) is 0.398. The van der Waals surface area contributed by atoms with Gasteiger partial charge in [-0.15, -0.1) is 0 Å². The van der Waals surface area contributed by atoms with E-state index in [0.717, 1.165) is 23.7 Å². The molecule has 0 atom stereocenters. The monoisotopic (exact) mass is 314 g/mol. The summed E-state index contributed by atoms with van der Waals surface area (Å²) in [5, 5.41) is 11.4. The summed E-state index contributed by atoms with van der Waals surface area (Å²) in [6.45, 7) is 0. The van der Waals surface area contributed by atoms with E-state index in [0.29, 0.717) is 5.56 Å². The van der Waals surface area contributed by atoms with E-state index in [9.17, 15) is 9.90 Å². The SMILES string of the molecule is COC(=O)/C(C=NC1CC1)=C(\O)c1cn(OC)c2ccccc12. The van der Waals surface area contributed by atoms with E-state index in [-0.39, 0.29) is 17.4 Å². The average Bonchev–Trinajstić information content (AvgIpc) is 3.33. The largest absolute Gasteiger partial charge is 0.506 e. The molecule has 6 heteroatoms. The fourth-order valence-electron chi connectivity index (χ4n) is 2.36. The first-order valence-electron chi connectivity index (χ1n) is 7.35. The third-order valence-corrected chi connectivity index (χ3v) is 3.75. The summed E-state index contributed by atoms with van der Waals surface area (Å²) in [6, 6.07) is 7.69. The Kier molecular flexibility index (Phi) is 4.06. The van der Waals surface area contributed by atoms with Crippen LogP contribution in [0.5, 0.6) is 0 Å². The summed E-state index contributed by atoms with van der Waals surface area (Å²) in [7, 11) is 2.81. The second kappa shape index (κ2) is 6.16. The van der Waals surface area contributed by atoms with Crippen LogP contribution in [0.1, 0.15) is 18.4 Å².